The minimum atomic E-state index is 0.639. The molecule has 0 saturated heterocycles. The highest BCUT2D eigenvalue weighted by Crippen LogP contribution is 2.23. The van der Waals surface area contributed by atoms with Gasteiger partial charge in [0.2, 0.25) is 0 Å². The summed E-state index contributed by atoms with van der Waals surface area (Å²) in [6.07, 6.45) is 44.1. The lowest BCUT2D eigenvalue weighted by Gasteiger charge is -2.33. The van der Waals surface area contributed by atoms with Crippen LogP contribution in [0.1, 0.15) is 194 Å². The summed E-state index contributed by atoms with van der Waals surface area (Å²) in [5, 5.41) is 0. The van der Waals surface area contributed by atoms with E-state index in [2.05, 4.69) is 43.0 Å². The van der Waals surface area contributed by atoms with Gasteiger partial charge in [-0.2, -0.15) is 0 Å². The van der Waals surface area contributed by atoms with E-state index in [1.54, 1.807) is 0 Å². The first-order valence-electron chi connectivity index (χ1n) is 17.5. The Morgan fingerprint density at radius 3 is 1.05 bits per heavy atom. The van der Waals surface area contributed by atoms with Gasteiger partial charge in [-0.1, -0.05) is 168 Å². The zero-order valence-corrected chi connectivity index (χ0v) is 26.1. The van der Waals surface area contributed by atoms with Gasteiger partial charge in [-0.05, 0) is 25.7 Å². The molecule has 1 heterocycles. The summed E-state index contributed by atoms with van der Waals surface area (Å²) in [5.74, 6) is 0. The summed E-state index contributed by atoms with van der Waals surface area (Å²) in [5.41, 5.74) is 0. The van der Waals surface area contributed by atoms with Gasteiger partial charge in [-0.25, -0.2) is 0 Å². The van der Waals surface area contributed by atoms with Gasteiger partial charge < -0.3 is 9.80 Å². The smallest absolute Gasteiger partial charge is 0.101 e. The molecule has 0 aromatic heterocycles. The molecule has 0 amide bonds. The summed E-state index contributed by atoms with van der Waals surface area (Å²) in [4.78, 5) is 5.30. The topological polar surface area (TPSA) is 6.48 Å². The van der Waals surface area contributed by atoms with Crippen molar-refractivity contribution in [1.29, 1.82) is 0 Å². The molecule has 1 aliphatic heterocycles. The monoisotopic (exact) mass is 519 g/mol. The lowest BCUT2D eigenvalue weighted by Crippen LogP contribution is -2.39. The molecule has 0 aliphatic carbocycles. The van der Waals surface area contributed by atoms with Gasteiger partial charge in [0.1, 0.15) is 6.17 Å². The van der Waals surface area contributed by atoms with Crippen LogP contribution in [0.5, 0.6) is 0 Å². The number of hydrogen-bond acceptors (Lipinski definition) is 2. The first-order valence-corrected chi connectivity index (χ1v) is 17.5. The molecule has 1 aliphatic rings. The van der Waals surface area contributed by atoms with Crippen LogP contribution in [0.25, 0.3) is 0 Å². The van der Waals surface area contributed by atoms with E-state index in [1.165, 1.54) is 186 Å². The second-order valence-corrected chi connectivity index (χ2v) is 12.2. The molecule has 0 N–H and O–H groups in total. The number of hydrogen-bond donors (Lipinski definition) is 0. The highest BCUT2D eigenvalue weighted by molar-refractivity contribution is 4.96. The van der Waals surface area contributed by atoms with Gasteiger partial charge in [0, 0.05) is 25.5 Å². The maximum atomic E-state index is 2.67. The molecular formula is C35H70N2. The third-order valence-electron chi connectivity index (χ3n) is 8.53. The Kier molecular flexibility index (Phi) is 25.0. The van der Waals surface area contributed by atoms with Crippen molar-refractivity contribution in [2.45, 2.75) is 200 Å². The van der Waals surface area contributed by atoms with Gasteiger partial charge in [0.05, 0.1) is 0 Å². The van der Waals surface area contributed by atoms with Gasteiger partial charge in [-0.15, -0.1) is 0 Å². The van der Waals surface area contributed by atoms with Gasteiger partial charge in [-0.3, -0.25) is 0 Å². The number of nitrogens with zero attached hydrogens (tertiary/aromatic N) is 2. The van der Waals surface area contributed by atoms with Crippen LogP contribution in [0.3, 0.4) is 0 Å². The first-order chi connectivity index (χ1) is 18.3. The van der Waals surface area contributed by atoms with Crippen molar-refractivity contribution >= 4 is 0 Å². The van der Waals surface area contributed by atoms with Gasteiger partial charge in [0.25, 0.3) is 0 Å². The maximum absolute atomic E-state index is 2.67. The second-order valence-electron chi connectivity index (χ2n) is 12.2. The van der Waals surface area contributed by atoms with E-state index >= 15 is 0 Å². The minimum Gasteiger partial charge on any atom is -0.356 e. The van der Waals surface area contributed by atoms with E-state index in [0.29, 0.717) is 6.17 Å². The molecule has 1 rings (SSSR count). The Morgan fingerprint density at radius 1 is 0.351 bits per heavy atom. The Bertz CT molecular complexity index is 474. The highest BCUT2D eigenvalue weighted by Gasteiger charge is 2.24. The fourth-order valence-corrected chi connectivity index (χ4v) is 6.08. The Morgan fingerprint density at radius 2 is 0.676 bits per heavy atom. The summed E-state index contributed by atoms with van der Waals surface area (Å²) in [6, 6.07) is 0. The van der Waals surface area contributed by atoms with Crippen molar-refractivity contribution in [3.8, 4) is 0 Å². The standard InChI is InChI=1S/C35H70N2/c1-4-7-9-11-13-15-17-18-19-20-21-23-25-27-29-32-37-34-33-36(31-6-3)35(37)30-28-26-24-22-16-14-12-10-8-5-2/h33-35H,4-32H2,1-3H3. The molecule has 0 radical (unpaired) electrons. The van der Waals surface area contributed by atoms with E-state index in [0.717, 1.165) is 0 Å². The zero-order chi connectivity index (χ0) is 26.7. The third kappa shape index (κ3) is 20.0. The van der Waals surface area contributed by atoms with Crippen LogP contribution in [-0.2, 0) is 0 Å². The van der Waals surface area contributed by atoms with Crippen molar-refractivity contribution in [2.75, 3.05) is 13.1 Å². The lowest BCUT2D eigenvalue weighted by atomic mass is 10.0. The average Bonchev–Trinajstić information content (AvgIpc) is 3.28. The molecular weight excluding hydrogens is 448 g/mol. The lowest BCUT2D eigenvalue weighted by molar-refractivity contribution is 0.137. The van der Waals surface area contributed by atoms with Crippen LogP contribution >= 0.6 is 0 Å². The predicted octanol–water partition coefficient (Wildman–Crippen LogP) is 12.0. The number of rotatable bonds is 29. The van der Waals surface area contributed by atoms with E-state index in [1.807, 2.05) is 0 Å². The zero-order valence-electron chi connectivity index (χ0n) is 26.1. The Hall–Kier alpha value is -0.660. The molecule has 0 spiro atoms. The molecule has 0 aromatic carbocycles. The first kappa shape index (κ1) is 34.4. The Labute approximate surface area is 235 Å². The summed E-state index contributed by atoms with van der Waals surface area (Å²) < 4.78 is 0. The molecule has 1 atom stereocenters. The Balaban J connectivity index is 2.00. The van der Waals surface area contributed by atoms with Crippen LogP contribution in [0, 0.1) is 0 Å². The van der Waals surface area contributed by atoms with Crippen molar-refractivity contribution in [1.82, 2.24) is 9.80 Å². The normalized spacial score (nSPS) is 15.4. The van der Waals surface area contributed by atoms with Crippen molar-refractivity contribution in [3.63, 3.8) is 0 Å². The van der Waals surface area contributed by atoms with Gasteiger partial charge in [0.15, 0.2) is 0 Å². The highest BCUT2D eigenvalue weighted by atomic mass is 15.4. The average molecular weight is 519 g/mol. The van der Waals surface area contributed by atoms with E-state index in [-0.39, 0.29) is 0 Å². The van der Waals surface area contributed by atoms with Crippen molar-refractivity contribution in [3.05, 3.63) is 12.4 Å². The molecule has 1 unspecified atom stereocenters. The number of unbranched alkanes of at least 4 members (excludes halogenated alkanes) is 23. The summed E-state index contributed by atoms with van der Waals surface area (Å²) >= 11 is 0. The molecule has 2 heteroatoms. The second kappa shape index (κ2) is 26.9. The fraction of sp³-hybridized carbons (Fsp3) is 0.943. The van der Waals surface area contributed by atoms with Gasteiger partial charge >= 0.3 is 0 Å². The third-order valence-corrected chi connectivity index (χ3v) is 8.53. The molecule has 2 nitrogen and oxygen atoms in total. The van der Waals surface area contributed by atoms with E-state index in [4.69, 9.17) is 0 Å². The predicted molar refractivity (Wildman–Crippen MR) is 168 cm³/mol. The molecule has 220 valence electrons. The fourth-order valence-electron chi connectivity index (χ4n) is 6.08. The minimum absolute atomic E-state index is 0.639. The van der Waals surface area contributed by atoms with Crippen molar-refractivity contribution in [2.24, 2.45) is 0 Å². The maximum Gasteiger partial charge on any atom is 0.101 e. The quantitative estimate of drug-likeness (QED) is 0.0908. The van der Waals surface area contributed by atoms with Crippen LogP contribution in [0.15, 0.2) is 12.4 Å². The van der Waals surface area contributed by atoms with Crippen molar-refractivity contribution < 1.29 is 0 Å². The van der Waals surface area contributed by atoms with Crippen LogP contribution in [0.2, 0.25) is 0 Å². The van der Waals surface area contributed by atoms with E-state index < -0.39 is 0 Å². The van der Waals surface area contributed by atoms with E-state index in [9.17, 15) is 0 Å². The van der Waals surface area contributed by atoms with Crippen LogP contribution in [-0.4, -0.2) is 29.1 Å². The van der Waals surface area contributed by atoms with Crippen LogP contribution < -0.4 is 0 Å². The largest absolute Gasteiger partial charge is 0.356 e. The summed E-state index contributed by atoms with van der Waals surface area (Å²) in [7, 11) is 0. The molecule has 0 aromatic rings. The molecule has 0 bridgehead atoms. The SMILES string of the molecule is CCCCCCCCCCCCCCCCCN1C=CN(CCC)C1CCCCCCCCCCCC. The molecule has 0 fully saturated rings. The summed E-state index contributed by atoms with van der Waals surface area (Å²) in [6.45, 7) is 9.42. The molecule has 37 heavy (non-hydrogen) atoms. The molecule has 0 saturated carbocycles. The van der Waals surface area contributed by atoms with Crippen LogP contribution in [0.4, 0.5) is 0 Å².